The summed E-state index contributed by atoms with van der Waals surface area (Å²) in [4.78, 5) is 16.3. The summed E-state index contributed by atoms with van der Waals surface area (Å²) in [6, 6.07) is 17.2. The number of aromatic nitrogens is 2. The molecule has 172 valence electrons. The third-order valence-electron chi connectivity index (χ3n) is 6.32. The van der Waals surface area contributed by atoms with Gasteiger partial charge in [-0.05, 0) is 35.4 Å². The first kappa shape index (κ1) is 22.6. The Bertz CT molecular complexity index is 1160. The zero-order valence-corrected chi connectivity index (χ0v) is 19.9. The van der Waals surface area contributed by atoms with Crippen LogP contribution in [0.3, 0.4) is 0 Å². The second-order valence-corrected chi connectivity index (χ2v) is 8.86. The predicted molar refractivity (Wildman–Crippen MR) is 133 cm³/mol. The summed E-state index contributed by atoms with van der Waals surface area (Å²) in [5, 5.41) is 4.47. The standard InChI is InChI=1S/C26H31N5O2/c1-29(2)20-10-6-8-18(14-20)26(19-9-7-11-21(15-19)30(3)4)13-12-22-23(16-26)31(17-33-5)28-24(22)25(27)32/h6-15H,16-17H2,1-5H3,(H2,27,32). The molecule has 0 aliphatic heterocycles. The van der Waals surface area contributed by atoms with E-state index in [9.17, 15) is 4.79 Å². The Morgan fingerprint density at radius 3 is 2.12 bits per heavy atom. The van der Waals surface area contributed by atoms with Crippen LogP contribution in [-0.4, -0.2) is 51.0 Å². The molecule has 1 aliphatic carbocycles. The molecule has 0 spiro atoms. The van der Waals surface area contributed by atoms with E-state index in [0.29, 0.717) is 6.42 Å². The number of methoxy groups -OCH3 is 1. The molecule has 0 saturated heterocycles. The molecule has 0 atom stereocenters. The van der Waals surface area contributed by atoms with Crippen LogP contribution in [0.2, 0.25) is 0 Å². The van der Waals surface area contributed by atoms with E-state index in [1.807, 2.05) is 34.3 Å². The average molecular weight is 446 g/mol. The number of nitrogens with two attached hydrogens (primary N) is 1. The lowest BCUT2D eigenvalue weighted by atomic mass is 9.68. The summed E-state index contributed by atoms with van der Waals surface area (Å²) >= 11 is 0. The summed E-state index contributed by atoms with van der Waals surface area (Å²) in [5.41, 5.74) is 11.7. The zero-order chi connectivity index (χ0) is 23.8. The van der Waals surface area contributed by atoms with Gasteiger partial charge in [-0.3, -0.25) is 4.79 Å². The molecule has 0 unspecified atom stereocenters. The molecular weight excluding hydrogens is 414 g/mol. The van der Waals surface area contributed by atoms with E-state index in [2.05, 4.69) is 69.5 Å². The lowest BCUT2D eigenvalue weighted by molar-refractivity contribution is 0.0985. The Labute approximate surface area is 195 Å². The minimum atomic E-state index is -0.539. The number of carbonyl (C=O) groups is 1. The molecule has 0 bridgehead atoms. The topological polar surface area (TPSA) is 76.6 Å². The SMILES string of the molecule is COCn1nc(C(N)=O)c2c1CC(c1cccc(N(C)C)c1)(c1cccc(N(C)C)c1)C=C2. The van der Waals surface area contributed by atoms with E-state index in [0.717, 1.165) is 33.8 Å². The minimum absolute atomic E-state index is 0.245. The summed E-state index contributed by atoms with van der Waals surface area (Å²) in [7, 11) is 9.78. The number of rotatable bonds is 7. The number of hydrogen-bond donors (Lipinski definition) is 1. The molecule has 33 heavy (non-hydrogen) atoms. The van der Waals surface area contributed by atoms with E-state index < -0.39 is 11.3 Å². The third kappa shape index (κ3) is 4.00. The Morgan fingerprint density at radius 1 is 1.06 bits per heavy atom. The van der Waals surface area contributed by atoms with Crippen LogP contribution in [0.25, 0.3) is 6.08 Å². The fourth-order valence-corrected chi connectivity index (χ4v) is 4.52. The van der Waals surface area contributed by atoms with Gasteiger partial charge in [-0.2, -0.15) is 5.10 Å². The van der Waals surface area contributed by atoms with Crippen LogP contribution < -0.4 is 15.5 Å². The first-order chi connectivity index (χ1) is 15.8. The average Bonchev–Trinajstić information content (AvgIpc) is 3.17. The van der Waals surface area contributed by atoms with Crippen molar-refractivity contribution in [2.75, 3.05) is 45.1 Å². The quantitative estimate of drug-likeness (QED) is 0.604. The van der Waals surface area contributed by atoms with Crippen molar-refractivity contribution in [2.24, 2.45) is 5.73 Å². The van der Waals surface area contributed by atoms with Crippen LogP contribution in [0.4, 0.5) is 11.4 Å². The van der Waals surface area contributed by atoms with Gasteiger partial charge in [0.15, 0.2) is 5.69 Å². The van der Waals surface area contributed by atoms with Gasteiger partial charge in [0, 0.05) is 64.1 Å². The molecule has 3 aromatic rings. The summed E-state index contributed by atoms with van der Waals surface area (Å²) < 4.78 is 7.13. The molecule has 7 heteroatoms. The predicted octanol–water partition coefficient (Wildman–Crippen LogP) is 3.27. The van der Waals surface area contributed by atoms with Crippen molar-refractivity contribution < 1.29 is 9.53 Å². The molecule has 2 aromatic carbocycles. The van der Waals surface area contributed by atoms with Crippen LogP contribution in [0.5, 0.6) is 0 Å². The zero-order valence-electron chi connectivity index (χ0n) is 19.9. The number of allylic oxidation sites excluding steroid dienone is 1. The van der Waals surface area contributed by atoms with Gasteiger partial charge in [0.1, 0.15) is 6.73 Å². The van der Waals surface area contributed by atoms with Crippen LogP contribution >= 0.6 is 0 Å². The first-order valence-electron chi connectivity index (χ1n) is 10.9. The lowest BCUT2D eigenvalue weighted by Crippen LogP contribution is -2.32. The fraction of sp³-hybridized carbons (Fsp3) is 0.308. The summed E-state index contributed by atoms with van der Waals surface area (Å²) in [6.45, 7) is 0.245. The maximum Gasteiger partial charge on any atom is 0.269 e. The van der Waals surface area contributed by atoms with Gasteiger partial charge in [-0.15, -0.1) is 0 Å². The number of amides is 1. The number of ether oxygens (including phenoxy) is 1. The molecular formula is C26H31N5O2. The summed E-state index contributed by atoms with van der Waals surface area (Å²) in [5.74, 6) is -0.539. The van der Waals surface area contributed by atoms with E-state index >= 15 is 0 Å². The number of carbonyl (C=O) groups excluding carboxylic acids is 1. The number of nitrogens with zero attached hydrogens (tertiary/aromatic N) is 4. The van der Waals surface area contributed by atoms with Crippen LogP contribution in [0.1, 0.15) is 32.9 Å². The van der Waals surface area contributed by atoms with Crippen LogP contribution in [-0.2, 0) is 23.3 Å². The Hall–Kier alpha value is -3.58. The minimum Gasteiger partial charge on any atom is -0.378 e. The molecule has 1 heterocycles. The van der Waals surface area contributed by atoms with Crippen molar-refractivity contribution in [1.29, 1.82) is 0 Å². The second kappa shape index (κ2) is 8.75. The van der Waals surface area contributed by atoms with E-state index in [-0.39, 0.29) is 12.4 Å². The molecule has 0 fully saturated rings. The van der Waals surface area contributed by atoms with Gasteiger partial charge in [-0.25, -0.2) is 4.68 Å². The second-order valence-electron chi connectivity index (χ2n) is 8.86. The Morgan fingerprint density at radius 2 is 1.64 bits per heavy atom. The normalized spacial score (nSPS) is 14.1. The van der Waals surface area contributed by atoms with Crippen LogP contribution in [0.15, 0.2) is 54.6 Å². The van der Waals surface area contributed by atoms with Crippen LogP contribution in [0, 0.1) is 0 Å². The number of hydrogen-bond acceptors (Lipinski definition) is 5. The maximum absolute atomic E-state index is 12.1. The molecule has 1 aliphatic rings. The van der Waals surface area contributed by atoms with Gasteiger partial charge in [0.05, 0.1) is 5.69 Å². The highest BCUT2D eigenvalue weighted by molar-refractivity contribution is 5.95. The van der Waals surface area contributed by atoms with Crippen molar-refractivity contribution in [2.45, 2.75) is 18.6 Å². The number of fused-ring (bicyclic) bond motifs is 1. The molecule has 0 radical (unpaired) electrons. The van der Waals surface area contributed by atoms with Gasteiger partial charge in [0.25, 0.3) is 5.91 Å². The smallest absolute Gasteiger partial charge is 0.269 e. The lowest BCUT2D eigenvalue weighted by Gasteiger charge is -2.36. The van der Waals surface area contributed by atoms with Crippen molar-refractivity contribution >= 4 is 23.4 Å². The van der Waals surface area contributed by atoms with Crippen molar-refractivity contribution in [3.63, 3.8) is 0 Å². The molecule has 7 nitrogen and oxygen atoms in total. The van der Waals surface area contributed by atoms with Crippen molar-refractivity contribution in [3.8, 4) is 0 Å². The van der Waals surface area contributed by atoms with Gasteiger partial charge in [-0.1, -0.05) is 36.4 Å². The van der Waals surface area contributed by atoms with Crippen molar-refractivity contribution in [3.05, 3.63) is 82.7 Å². The van der Waals surface area contributed by atoms with Gasteiger partial charge < -0.3 is 20.3 Å². The van der Waals surface area contributed by atoms with Gasteiger partial charge in [0.2, 0.25) is 0 Å². The molecule has 0 saturated carbocycles. The highest BCUT2D eigenvalue weighted by Crippen LogP contribution is 2.44. The summed E-state index contributed by atoms with van der Waals surface area (Å²) in [6.07, 6.45) is 4.79. The van der Waals surface area contributed by atoms with E-state index in [1.165, 1.54) is 0 Å². The van der Waals surface area contributed by atoms with Gasteiger partial charge >= 0.3 is 0 Å². The number of anilines is 2. The molecule has 1 aromatic heterocycles. The Balaban J connectivity index is 1.97. The van der Waals surface area contributed by atoms with Crippen molar-refractivity contribution in [1.82, 2.24) is 9.78 Å². The largest absolute Gasteiger partial charge is 0.378 e. The molecule has 4 rings (SSSR count). The first-order valence-corrected chi connectivity index (χ1v) is 10.9. The third-order valence-corrected chi connectivity index (χ3v) is 6.32. The number of benzene rings is 2. The monoisotopic (exact) mass is 445 g/mol. The number of primary amides is 1. The maximum atomic E-state index is 12.1. The van der Waals surface area contributed by atoms with E-state index in [4.69, 9.17) is 10.5 Å². The molecule has 1 amide bonds. The molecule has 2 N–H and O–H groups in total. The highest BCUT2D eigenvalue weighted by Gasteiger charge is 2.38. The Kier molecular flexibility index (Phi) is 5.99. The highest BCUT2D eigenvalue weighted by atomic mass is 16.5. The fourth-order valence-electron chi connectivity index (χ4n) is 4.52. The van der Waals surface area contributed by atoms with E-state index in [1.54, 1.807) is 11.8 Å².